The molecule has 0 radical (unpaired) electrons. The van der Waals surface area contributed by atoms with E-state index in [1.807, 2.05) is 43.3 Å². The largest absolute Gasteiger partial charge is 0.480 e. The number of rotatable bonds is 9. The zero-order valence-corrected chi connectivity index (χ0v) is 18.7. The summed E-state index contributed by atoms with van der Waals surface area (Å²) in [5.41, 5.74) is 3.17. The first-order valence-corrected chi connectivity index (χ1v) is 11.0. The molecule has 3 rings (SSSR count). The Bertz CT molecular complexity index is 960. The van der Waals surface area contributed by atoms with Crippen LogP contribution >= 0.6 is 0 Å². The van der Waals surface area contributed by atoms with Crippen molar-refractivity contribution in [2.45, 2.75) is 57.5 Å². The molecule has 1 aliphatic carbocycles. The second kappa shape index (κ2) is 9.85. The van der Waals surface area contributed by atoms with Crippen LogP contribution in [0.2, 0.25) is 0 Å². The van der Waals surface area contributed by atoms with E-state index in [0.717, 1.165) is 22.3 Å². The fourth-order valence-corrected chi connectivity index (χ4v) is 4.03. The van der Waals surface area contributed by atoms with Crippen LogP contribution in [-0.2, 0) is 14.3 Å². The van der Waals surface area contributed by atoms with Gasteiger partial charge < -0.3 is 20.5 Å². The molecule has 0 heterocycles. The highest BCUT2D eigenvalue weighted by Crippen LogP contribution is 2.44. The molecule has 0 aliphatic heterocycles. The minimum Gasteiger partial charge on any atom is -0.480 e. The highest BCUT2D eigenvalue weighted by molar-refractivity contribution is 5.92. The van der Waals surface area contributed by atoms with Crippen LogP contribution in [0.15, 0.2) is 48.5 Å². The Morgan fingerprint density at radius 2 is 1.59 bits per heavy atom. The lowest BCUT2D eigenvalue weighted by Crippen LogP contribution is -2.59. The van der Waals surface area contributed by atoms with E-state index in [1.165, 1.54) is 0 Å². The molecule has 2 aromatic carbocycles. The standard InChI is InChI=1S/C25H30N2O5/c1-4-10-21(22(28)29)26-23(30)25(3,5-2)27-24(31)32-15-20-18-13-8-6-11-16(18)17-12-7-9-14-19(17)20/h6-9,11-14,20-21H,4-5,10,15H2,1-3H3,(H,26,30)(H,27,31)(H,28,29)/t21-,25?/m1/s1. The molecule has 0 bridgehead atoms. The number of hydrogen-bond donors (Lipinski definition) is 3. The molecule has 3 N–H and O–H groups in total. The van der Waals surface area contributed by atoms with Gasteiger partial charge in [-0.25, -0.2) is 9.59 Å². The first-order valence-electron chi connectivity index (χ1n) is 11.0. The number of fused-ring (bicyclic) bond motifs is 3. The summed E-state index contributed by atoms with van der Waals surface area (Å²) >= 11 is 0. The average Bonchev–Trinajstić information content (AvgIpc) is 3.11. The Kier molecular flexibility index (Phi) is 7.18. The van der Waals surface area contributed by atoms with Crippen LogP contribution in [-0.4, -0.2) is 41.3 Å². The Morgan fingerprint density at radius 3 is 2.09 bits per heavy atom. The van der Waals surface area contributed by atoms with Gasteiger partial charge in [0.25, 0.3) is 0 Å². The Labute approximate surface area is 188 Å². The number of ether oxygens (including phenoxy) is 1. The molecule has 0 aromatic heterocycles. The number of hydrogen-bond acceptors (Lipinski definition) is 4. The van der Waals surface area contributed by atoms with Crippen molar-refractivity contribution in [2.24, 2.45) is 0 Å². The monoisotopic (exact) mass is 438 g/mol. The van der Waals surface area contributed by atoms with Crippen LogP contribution < -0.4 is 10.6 Å². The molecule has 7 nitrogen and oxygen atoms in total. The highest BCUT2D eigenvalue weighted by atomic mass is 16.5. The normalized spacial score (nSPS) is 15.1. The summed E-state index contributed by atoms with van der Waals surface area (Å²) in [7, 11) is 0. The fourth-order valence-electron chi connectivity index (χ4n) is 4.03. The molecule has 2 aromatic rings. The van der Waals surface area contributed by atoms with Gasteiger partial charge in [0.05, 0.1) is 0 Å². The highest BCUT2D eigenvalue weighted by Gasteiger charge is 2.36. The second-order valence-corrected chi connectivity index (χ2v) is 8.29. The van der Waals surface area contributed by atoms with E-state index < -0.39 is 29.6 Å². The van der Waals surface area contributed by atoms with Gasteiger partial charge in [-0.15, -0.1) is 0 Å². The third kappa shape index (κ3) is 4.77. The maximum absolute atomic E-state index is 12.8. The molecular formula is C25H30N2O5. The molecule has 2 atom stereocenters. The van der Waals surface area contributed by atoms with Gasteiger partial charge in [0, 0.05) is 5.92 Å². The summed E-state index contributed by atoms with van der Waals surface area (Å²) in [5, 5.41) is 14.5. The van der Waals surface area contributed by atoms with Crippen molar-refractivity contribution in [3.05, 3.63) is 59.7 Å². The number of carbonyl (C=O) groups excluding carboxylic acids is 2. The fraction of sp³-hybridized carbons (Fsp3) is 0.400. The predicted molar refractivity (Wildman–Crippen MR) is 121 cm³/mol. The van der Waals surface area contributed by atoms with Gasteiger partial charge in [0.2, 0.25) is 5.91 Å². The third-order valence-corrected chi connectivity index (χ3v) is 6.11. The van der Waals surface area contributed by atoms with Gasteiger partial charge in [-0.3, -0.25) is 4.79 Å². The molecule has 0 fully saturated rings. The SMILES string of the molecule is CCC[C@@H](NC(=O)C(C)(CC)NC(=O)OCC1c2ccccc2-c2ccccc21)C(=O)O. The smallest absolute Gasteiger partial charge is 0.408 e. The van der Waals surface area contributed by atoms with E-state index in [-0.39, 0.29) is 18.9 Å². The maximum Gasteiger partial charge on any atom is 0.408 e. The van der Waals surface area contributed by atoms with E-state index in [4.69, 9.17) is 4.74 Å². The number of aliphatic carboxylic acids is 1. The minimum atomic E-state index is -1.29. The number of carbonyl (C=O) groups is 3. The van der Waals surface area contributed by atoms with Crippen LogP contribution in [0, 0.1) is 0 Å². The van der Waals surface area contributed by atoms with E-state index in [0.29, 0.717) is 12.8 Å². The van der Waals surface area contributed by atoms with Crippen LogP contribution in [0.1, 0.15) is 57.1 Å². The minimum absolute atomic E-state index is 0.0872. The van der Waals surface area contributed by atoms with E-state index in [1.54, 1.807) is 13.8 Å². The van der Waals surface area contributed by atoms with E-state index in [9.17, 15) is 19.5 Å². The lowest BCUT2D eigenvalue weighted by molar-refractivity contribution is -0.143. The first-order chi connectivity index (χ1) is 15.3. The van der Waals surface area contributed by atoms with E-state index >= 15 is 0 Å². The summed E-state index contributed by atoms with van der Waals surface area (Å²) in [4.78, 5) is 36.8. The molecule has 170 valence electrons. The quantitative estimate of drug-likeness (QED) is 0.548. The van der Waals surface area contributed by atoms with Gasteiger partial charge in [-0.2, -0.15) is 0 Å². The van der Waals surface area contributed by atoms with Gasteiger partial charge in [-0.1, -0.05) is 68.8 Å². The maximum atomic E-state index is 12.8. The first kappa shape index (κ1) is 23.3. The molecular weight excluding hydrogens is 408 g/mol. The number of amides is 2. The lowest BCUT2D eigenvalue weighted by atomic mass is 9.97. The topological polar surface area (TPSA) is 105 Å². The Morgan fingerprint density at radius 1 is 1.03 bits per heavy atom. The molecule has 2 amide bonds. The van der Waals surface area contributed by atoms with Crippen molar-refractivity contribution in [2.75, 3.05) is 6.61 Å². The van der Waals surface area contributed by atoms with Crippen molar-refractivity contribution in [1.29, 1.82) is 0 Å². The molecule has 0 spiro atoms. The Balaban J connectivity index is 1.67. The number of benzene rings is 2. The van der Waals surface area contributed by atoms with Gasteiger partial charge in [0.1, 0.15) is 18.2 Å². The molecule has 1 aliphatic rings. The van der Waals surface area contributed by atoms with E-state index in [2.05, 4.69) is 22.8 Å². The van der Waals surface area contributed by atoms with Crippen LogP contribution in [0.3, 0.4) is 0 Å². The van der Waals surface area contributed by atoms with Crippen LogP contribution in [0.5, 0.6) is 0 Å². The van der Waals surface area contributed by atoms with Gasteiger partial charge in [-0.05, 0) is 42.0 Å². The summed E-state index contributed by atoms with van der Waals surface area (Å²) in [6.45, 7) is 5.29. The molecule has 1 unspecified atom stereocenters. The average molecular weight is 439 g/mol. The number of nitrogens with one attached hydrogen (secondary N) is 2. The molecule has 0 saturated carbocycles. The number of carboxylic acid groups (broad SMARTS) is 1. The molecule has 7 heteroatoms. The number of alkyl carbamates (subject to hydrolysis) is 1. The zero-order chi connectivity index (χ0) is 23.3. The predicted octanol–water partition coefficient (Wildman–Crippen LogP) is 4.06. The zero-order valence-electron chi connectivity index (χ0n) is 18.7. The summed E-state index contributed by atoms with van der Waals surface area (Å²) in [5.74, 6) is -1.73. The summed E-state index contributed by atoms with van der Waals surface area (Å²) < 4.78 is 5.54. The van der Waals surface area contributed by atoms with Crippen LogP contribution in [0.25, 0.3) is 11.1 Å². The summed E-state index contributed by atoms with van der Waals surface area (Å²) in [6.07, 6.45) is 0.487. The Hall–Kier alpha value is -3.35. The van der Waals surface area contributed by atoms with Crippen molar-refractivity contribution in [3.8, 4) is 11.1 Å². The molecule has 32 heavy (non-hydrogen) atoms. The van der Waals surface area contributed by atoms with Gasteiger partial charge in [0.15, 0.2) is 0 Å². The van der Waals surface area contributed by atoms with Crippen molar-refractivity contribution >= 4 is 18.0 Å². The number of carboxylic acids is 1. The lowest BCUT2D eigenvalue weighted by Gasteiger charge is -2.29. The summed E-state index contributed by atoms with van der Waals surface area (Å²) in [6, 6.07) is 15.1. The van der Waals surface area contributed by atoms with Gasteiger partial charge >= 0.3 is 12.1 Å². The van der Waals surface area contributed by atoms with Crippen LogP contribution in [0.4, 0.5) is 4.79 Å². The van der Waals surface area contributed by atoms with Crippen molar-refractivity contribution in [3.63, 3.8) is 0 Å². The van der Waals surface area contributed by atoms with Crippen molar-refractivity contribution in [1.82, 2.24) is 10.6 Å². The molecule has 0 saturated heterocycles. The third-order valence-electron chi connectivity index (χ3n) is 6.11. The second-order valence-electron chi connectivity index (χ2n) is 8.29. The van der Waals surface area contributed by atoms with Crippen molar-refractivity contribution < 1.29 is 24.2 Å².